The van der Waals surface area contributed by atoms with Gasteiger partial charge in [0.15, 0.2) is 11.0 Å². The van der Waals surface area contributed by atoms with Gasteiger partial charge in [-0.15, -0.1) is 6.58 Å². The monoisotopic (exact) mass is 318 g/mol. The molecule has 8 heteroatoms. The van der Waals surface area contributed by atoms with Crippen molar-refractivity contribution in [1.82, 2.24) is 10.2 Å². The number of hydrogen-bond donors (Lipinski definition) is 1. The zero-order valence-corrected chi connectivity index (χ0v) is 12.7. The van der Waals surface area contributed by atoms with E-state index in [-0.39, 0.29) is 17.4 Å². The zero-order valence-electron chi connectivity index (χ0n) is 11.9. The van der Waals surface area contributed by atoms with Crippen LogP contribution in [0.25, 0.3) is 0 Å². The maximum Gasteiger partial charge on any atom is 0.247 e. The molecule has 22 heavy (non-hydrogen) atoms. The summed E-state index contributed by atoms with van der Waals surface area (Å²) in [6.07, 6.45) is 4.42. The first-order valence-electron chi connectivity index (χ1n) is 6.42. The Morgan fingerprint density at radius 1 is 1.59 bits per heavy atom. The van der Waals surface area contributed by atoms with Crippen molar-refractivity contribution in [2.45, 2.75) is 6.92 Å². The Kier molecular flexibility index (Phi) is 4.95. The topological polar surface area (TPSA) is 87.3 Å². The fourth-order valence-electron chi connectivity index (χ4n) is 1.88. The lowest BCUT2D eigenvalue weighted by Crippen LogP contribution is -2.59. The number of nitrogens with one attached hydrogen (secondary N) is 1. The van der Waals surface area contributed by atoms with Crippen molar-refractivity contribution in [3.63, 3.8) is 0 Å². The second-order valence-electron chi connectivity index (χ2n) is 4.47. The van der Waals surface area contributed by atoms with Crippen LogP contribution in [-0.2, 0) is 9.59 Å². The maximum atomic E-state index is 12.3. The van der Waals surface area contributed by atoms with Crippen LogP contribution < -0.4 is 5.32 Å². The van der Waals surface area contributed by atoms with Gasteiger partial charge in [-0.3, -0.25) is 14.5 Å². The number of hydrogen-bond acceptors (Lipinski definition) is 6. The van der Waals surface area contributed by atoms with Crippen molar-refractivity contribution < 1.29 is 14.0 Å². The number of amides is 2. The second-order valence-corrected chi connectivity index (χ2v) is 4.85. The molecule has 1 aliphatic heterocycles. The Morgan fingerprint density at radius 3 is 3.00 bits per heavy atom. The van der Waals surface area contributed by atoms with Crippen molar-refractivity contribution in [2.75, 3.05) is 6.54 Å². The number of nitrogens with zero attached hydrogens (tertiary/aromatic N) is 3. The van der Waals surface area contributed by atoms with E-state index in [1.165, 1.54) is 23.5 Å². The highest BCUT2D eigenvalue weighted by Gasteiger charge is 2.39. The van der Waals surface area contributed by atoms with Gasteiger partial charge in [0, 0.05) is 6.54 Å². The average Bonchev–Trinajstić information content (AvgIpc) is 2.96. The molecule has 2 heterocycles. The first-order valence-corrected chi connectivity index (χ1v) is 6.83. The Labute approximate surface area is 132 Å². The van der Waals surface area contributed by atoms with Gasteiger partial charge >= 0.3 is 0 Å². The first-order chi connectivity index (χ1) is 10.5. The molecule has 0 aromatic carbocycles. The smallest absolute Gasteiger partial charge is 0.247 e. The molecule has 2 rings (SSSR count). The number of carbonyl (C=O) groups is 2. The minimum atomic E-state index is -1.06. The van der Waals surface area contributed by atoms with Gasteiger partial charge in [0.05, 0.1) is 18.2 Å². The molecule has 1 aromatic rings. The van der Waals surface area contributed by atoms with E-state index in [1.807, 2.05) is 0 Å². The highest BCUT2D eigenvalue weighted by atomic mass is 32.1. The average molecular weight is 318 g/mol. The minimum Gasteiger partial charge on any atom is -0.463 e. The van der Waals surface area contributed by atoms with Gasteiger partial charge in [0.2, 0.25) is 11.8 Å². The van der Waals surface area contributed by atoms with Crippen LogP contribution in [0.5, 0.6) is 0 Å². The normalized spacial score (nSPS) is 19.7. The van der Waals surface area contributed by atoms with E-state index in [9.17, 15) is 9.59 Å². The summed E-state index contributed by atoms with van der Waals surface area (Å²) in [5, 5.41) is 10.3. The van der Waals surface area contributed by atoms with E-state index >= 15 is 0 Å². The minimum absolute atomic E-state index is 0.0676. The fraction of sp³-hybridized carbons (Fsp3) is 0.214. The van der Waals surface area contributed by atoms with Crippen LogP contribution in [-0.4, -0.2) is 40.3 Å². The molecule has 0 aliphatic carbocycles. The molecule has 1 atom stereocenters. The molecule has 1 N–H and O–H groups in total. The van der Waals surface area contributed by atoms with Crippen LogP contribution in [0, 0.1) is 5.92 Å². The van der Waals surface area contributed by atoms with Gasteiger partial charge in [-0.25, -0.2) is 0 Å². The Morgan fingerprint density at radius 2 is 2.36 bits per heavy atom. The molecule has 0 spiro atoms. The molecule has 0 radical (unpaired) electrons. The lowest BCUT2D eigenvalue weighted by Gasteiger charge is -2.31. The molecule has 2 amide bonds. The molecule has 0 bridgehead atoms. The quantitative estimate of drug-likeness (QED) is 0.290. The lowest BCUT2D eigenvalue weighted by molar-refractivity contribution is -0.137. The summed E-state index contributed by atoms with van der Waals surface area (Å²) in [5.41, 5.74) is 0.266. The highest BCUT2D eigenvalue weighted by molar-refractivity contribution is 7.80. The Bertz CT molecular complexity index is 664. The third-order valence-electron chi connectivity index (χ3n) is 2.92. The largest absolute Gasteiger partial charge is 0.463 e. The van der Waals surface area contributed by atoms with Crippen molar-refractivity contribution in [3.05, 3.63) is 36.8 Å². The van der Waals surface area contributed by atoms with Crippen LogP contribution >= 0.6 is 12.2 Å². The predicted molar refractivity (Wildman–Crippen MR) is 85.6 cm³/mol. The van der Waals surface area contributed by atoms with Crippen LogP contribution in [0.2, 0.25) is 0 Å². The number of rotatable bonds is 5. The van der Waals surface area contributed by atoms with Crippen molar-refractivity contribution in [2.24, 2.45) is 16.1 Å². The molecule has 1 aliphatic rings. The van der Waals surface area contributed by atoms with E-state index in [1.54, 1.807) is 19.1 Å². The summed E-state index contributed by atoms with van der Waals surface area (Å²) in [5.74, 6) is -1.49. The van der Waals surface area contributed by atoms with Gasteiger partial charge in [0.25, 0.3) is 0 Å². The van der Waals surface area contributed by atoms with Crippen molar-refractivity contribution >= 4 is 41.1 Å². The molecule has 1 saturated heterocycles. The Hall–Kier alpha value is -2.61. The van der Waals surface area contributed by atoms with Crippen molar-refractivity contribution in [1.29, 1.82) is 0 Å². The van der Waals surface area contributed by atoms with Gasteiger partial charge in [-0.2, -0.15) is 10.2 Å². The van der Waals surface area contributed by atoms with Crippen LogP contribution in [0.1, 0.15) is 12.7 Å². The molecule has 7 nitrogen and oxygen atoms in total. The maximum absolute atomic E-state index is 12.3. The van der Waals surface area contributed by atoms with E-state index in [4.69, 9.17) is 16.6 Å². The fourth-order valence-corrected chi connectivity index (χ4v) is 2.15. The second kappa shape index (κ2) is 6.90. The number of thiocarbonyl (C=S) groups is 1. The molecular formula is C14H14N4O3S. The molecule has 0 saturated carbocycles. The van der Waals surface area contributed by atoms with Crippen LogP contribution in [0.15, 0.2) is 45.7 Å². The summed E-state index contributed by atoms with van der Waals surface area (Å²) in [4.78, 5) is 25.6. The first kappa shape index (κ1) is 15.8. The molecule has 1 unspecified atom stereocenters. The number of furan rings is 1. The number of carbonyl (C=O) groups excluding carboxylic acids is 2. The lowest BCUT2D eigenvalue weighted by atomic mass is 10.00. The summed E-state index contributed by atoms with van der Waals surface area (Å²) in [6.45, 7) is 5.34. The predicted octanol–water partition coefficient (Wildman–Crippen LogP) is 1.12. The summed E-state index contributed by atoms with van der Waals surface area (Å²) in [7, 11) is 0. The van der Waals surface area contributed by atoms with E-state index in [0.717, 1.165) is 0 Å². The van der Waals surface area contributed by atoms with Gasteiger partial charge in [-0.1, -0.05) is 6.08 Å². The highest BCUT2D eigenvalue weighted by Crippen LogP contribution is 2.13. The molecule has 1 aromatic heterocycles. The van der Waals surface area contributed by atoms with Gasteiger partial charge in [-0.05, 0) is 31.3 Å². The van der Waals surface area contributed by atoms with E-state index in [0.29, 0.717) is 5.76 Å². The molecule has 1 fully saturated rings. The van der Waals surface area contributed by atoms with Crippen LogP contribution in [0.3, 0.4) is 0 Å². The van der Waals surface area contributed by atoms with Gasteiger partial charge in [0.1, 0.15) is 5.76 Å². The van der Waals surface area contributed by atoms with E-state index < -0.39 is 17.7 Å². The van der Waals surface area contributed by atoms with Crippen LogP contribution in [0.4, 0.5) is 0 Å². The molecular weight excluding hydrogens is 304 g/mol. The van der Waals surface area contributed by atoms with E-state index in [2.05, 4.69) is 22.1 Å². The summed E-state index contributed by atoms with van der Waals surface area (Å²) >= 11 is 4.97. The third-order valence-corrected chi connectivity index (χ3v) is 3.25. The summed E-state index contributed by atoms with van der Waals surface area (Å²) < 4.78 is 5.06. The standard InChI is InChI=1S/C14H14N4O3S/c1-3-6-18-13(20)11(12(19)16-14(18)22)9(2)17-15-8-10-5-4-7-21-10/h3-5,7-8,11H,1,6H2,2H3,(H,16,19,22)/b15-8+,17-9+. The SMILES string of the molecule is C=CCN1C(=O)C(/C(C)=N/N=C/c2ccco2)C(=O)NC1=S. The van der Waals surface area contributed by atoms with Gasteiger partial charge < -0.3 is 9.73 Å². The third kappa shape index (κ3) is 3.34. The zero-order chi connectivity index (χ0) is 16.1. The Balaban J connectivity index is 2.17. The van der Waals surface area contributed by atoms with Crippen molar-refractivity contribution in [3.8, 4) is 0 Å². The summed E-state index contributed by atoms with van der Waals surface area (Å²) in [6, 6.07) is 3.42. The molecule has 114 valence electrons.